The quantitative estimate of drug-likeness (QED) is 0.783. The summed E-state index contributed by atoms with van der Waals surface area (Å²) in [5.74, 6) is -0.113. The average Bonchev–Trinajstić information content (AvgIpc) is 2.65. The summed E-state index contributed by atoms with van der Waals surface area (Å²) in [7, 11) is 0. The number of carbonyl (C=O) groups excluding carboxylic acids is 1. The Hall–Kier alpha value is -1.14. The van der Waals surface area contributed by atoms with Gasteiger partial charge < -0.3 is 4.57 Å². The van der Waals surface area contributed by atoms with Crippen molar-refractivity contribution in [3.63, 3.8) is 0 Å². The van der Waals surface area contributed by atoms with Gasteiger partial charge in [-0.1, -0.05) is 17.7 Å². The van der Waals surface area contributed by atoms with Gasteiger partial charge in [0.15, 0.2) is 6.29 Å². The van der Waals surface area contributed by atoms with Crippen molar-refractivity contribution in [3.8, 4) is 0 Å². The maximum atomic E-state index is 12.1. The molecule has 0 bridgehead atoms. The molecular weight excluding hydrogens is 299 g/mol. The van der Waals surface area contributed by atoms with E-state index in [1.807, 2.05) is 0 Å². The average molecular weight is 308 g/mol. The summed E-state index contributed by atoms with van der Waals surface area (Å²) < 4.78 is 37.9. The van der Waals surface area contributed by atoms with Crippen LogP contribution < -0.4 is 0 Å². The van der Waals surface area contributed by atoms with Crippen LogP contribution in [-0.4, -0.2) is 22.1 Å². The minimum Gasteiger partial charge on any atom is -0.346 e. The lowest BCUT2D eigenvalue weighted by atomic mass is 10.2. The van der Waals surface area contributed by atoms with E-state index >= 15 is 0 Å². The van der Waals surface area contributed by atoms with E-state index in [9.17, 15) is 18.0 Å². The van der Waals surface area contributed by atoms with Crippen molar-refractivity contribution in [2.45, 2.75) is 12.1 Å². The zero-order chi connectivity index (χ0) is 14.0. The second-order valence-corrected chi connectivity index (χ2v) is 5.45. The molecule has 2 nitrogen and oxygen atoms in total. The number of aldehydes is 1. The van der Waals surface area contributed by atoms with Crippen molar-refractivity contribution in [2.24, 2.45) is 0 Å². The summed E-state index contributed by atoms with van der Waals surface area (Å²) in [5.41, 5.74) is -3.13. The zero-order valence-corrected chi connectivity index (χ0v) is 11.1. The van der Waals surface area contributed by atoms with Crippen LogP contribution in [0.2, 0.25) is 5.02 Å². The number of aromatic nitrogens is 1. The fraction of sp³-hybridized carbons (Fsp3) is 0.250. The molecule has 0 aliphatic rings. The topological polar surface area (TPSA) is 22.0 Å². The molecule has 102 valence electrons. The van der Waals surface area contributed by atoms with E-state index < -0.39 is 5.51 Å². The minimum absolute atomic E-state index is 0.0841. The molecule has 0 fully saturated rings. The van der Waals surface area contributed by atoms with Crippen LogP contribution in [0.1, 0.15) is 10.4 Å². The van der Waals surface area contributed by atoms with Crippen molar-refractivity contribution in [1.82, 2.24) is 4.57 Å². The predicted molar refractivity (Wildman–Crippen MR) is 70.8 cm³/mol. The number of alkyl halides is 3. The molecule has 7 heteroatoms. The van der Waals surface area contributed by atoms with E-state index in [4.69, 9.17) is 11.6 Å². The highest BCUT2D eigenvalue weighted by atomic mass is 35.5. The van der Waals surface area contributed by atoms with E-state index in [-0.39, 0.29) is 24.1 Å². The van der Waals surface area contributed by atoms with Gasteiger partial charge in [0.25, 0.3) is 0 Å². The Kier molecular flexibility index (Phi) is 4.10. The number of fused-ring (bicyclic) bond motifs is 1. The van der Waals surface area contributed by atoms with Crippen LogP contribution in [-0.2, 0) is 6.54 Å². The van der Waals surface area contributed by atoms with Crippen LogP contribution in [0.5, 0.6) is 0 Å². The van der Waals surface area contributed by atoms with Crippen molar-refractivity contribution in [2.75, 3.05) is 5.75 Å². The fourth-order valence-corrected chi connectivity index (χ4v) is 2.52. The summed E-state index contributed by atoms with van der Waals surface area (Å²) in [6, 6.07) is 4.97. The van der Waals surface area contributed by atoms with Crippen LogP contribution in [0.4, 0.5) is 13.2 Å². The normalized spacial score (nSPS) is 12.0. The van der Waals surface area contributed by atoms with Gasteiger partial charge in [-0.2, -0.15) is 13.2 Å². The Morgan fingerprint density at radius 2 is 2.11 bits per heavy atom. The summed E-state index contributed by atoms with van der Waals surface area (Å²) in [6.45, 7) is 0.162. The molecule has 2 rings (SSSR count). The molecule has 0 radical (unpaired) electrons. The molecular formula is C12H9ClF3NOS. The van der Waals surface area contributed by atoms with Gasteiger partial charge in [-0.3, -0.25) is 4.79 Å². The highest BCUT2D eigenvalue weighted by Gasteiger charge is 2.27. The molecule has 0 unspecified atom stereocenters. The third-order valence-electron chi connectivity index (χ3n) is 2.60. The smallest absolute Gasteiger partial charge is 0.346 e. The van der Waals surface area contributed by atoms with Gasteiger partial charge in [-0.15, -0.1) is 0 Å². The molecule has 0 saturated carbocycles. The van der Waals surface area contributed by atoms with Crippen molar-refractivity contribution >= 4 is 40.6 Å². The van der Waals surface area contributed by atoms with Crippen molar-refractivity contribution in [1.29, 1.82) is 0 Å². The molecule has 0 saturated heterocycles. The van der Waals surface area contributed by atoms with Crippen molar-refractivity contribution in [3.05, 3.63) is 35.0 Å². The highest BCUT2D eigenvalue weighted by Crippen LogP contribution is 2.31. The van der Waals surface area contributed by atoms with E-state index in [1.165, 1.54) is 0 Å². The predicted octanol–water partition coefficient (Wildman–Crippen LogP) is 4.36. The maximum absolute atomic E-state index is 12.1. The van der Waals surface area contributed by atoms with Gasteiger partial charge in [0.1, 0.15) is 0 Å². The van der Waals surface area contributed by atoms with Crippen LogP contribution >= 0.6 is 23.4 Å². The minimum atomic E-state index is -4.24. The highest BCUT2D eigenvalue weighted by molar-refractivity contribution is 8.00. The number of nitrogens with zero attached hydrogens (tertiary/aromatic N) is 1. The zero-order valence-electron chi connectivity index (χ0n) is 9.58. The van der Waals surface area contributed by atoms with Crippen molar-refractivity contribution < 1.29 is 18.0 Å². The Balaban J connectivity index is 2.27. The largest absolute Gasteiger partial charge is 0.441 e. The Labute approximate surface area is 116 Å². The molecule has 0 atom stereocenters. The number of thioether (sulfide) groups is 1. The number of aryl methyl sites for hydroxylation is 1. The molecule has 1 aromatic heterocycles. The lowest BCUT2D eigenvalue weighted by molar-refractivity contribution is -0.0328. The molecule has 0 aliphatic heterocycles. The first-order valence-electron chi connectivity index (χ1n) is 5.35. The molecule has 0 amide bonds. The van der Waals surface area contributed by atoms with Gasteiger partial charge in [-0.25, -0.2) is 0 Å². The molecule has 19 heavy (non-hydrogen) atoms. The van der Waals surface area contributed by atoms with Gasteiger partial charge in [0.05, 0.1) is 5.52 Å². The van der Waals surface area contributed by atoms with Crippen LogP contribution in [0, 0.1) is 0 Å². The summed E-state index contributed by atoms with van der Waals surface area (Å²) in [6.07, 6.45) is 2.23. The second-order valence-electron chi connectivity index (χ2n) is 3.85. The maximum Gasteiger partial charge on any atom is 0.441 e. The van der Waals surface area contributed by atoms with E-state index in [2.05, 4.69) is 0 Å². The Bertz CT molecular complexity index is 609. The SMILES string of the molecule is O=Cc1cn(CCSC(F)(F)F)c2cc(Cl)ccc12. The lowest BCUT2D eigenvalue weighted by Gasteiger charge is -2.07. The summed E-state index contributed by atoms with van der Waals surface area (Å²) in [4.78, 5) is 10.9. The Morgan fingerprint density at radius 3 is 2.74 bits per heavy atom. The first kappa shape index (κ1) is 14.3. The third kappa shape index (κ3) is 3.45. The first-order valence-corrected chi connectivity index (χ1v) is 6.71. The molecule has 0 N–H and O–H groups in total. The number of halogens is 4. The molecule has 0 spiro atoms. The summed E-state index contributed by atoms with van der Waals surface area (Å²) >= 11 is 5.78. The number of benzene rings is 1. The molecule has 1 heterocycles. The van der Waals surface area contributed by atoms with Crippen LogP contribution in [0.15, 0.2) is 24.4 Å². The molecule has 1 aromatic carbocycles. The lowest BCUT2D eigenvalue weighted by Crippen LogP contribution is -2.06. The second kappa shape index (κ2) is 5.46. The number of hydrogen-bond acceptors (Lipinski definition) is 2. The van der Waals surface area contributed by atoms with E-state index in [1.54, 1.807) is 29.0 Å². The molecule has 0 aliphatic carbocycles. The molecule has 2 aromatic rings. The first-order chi connectivity index (χ1) is 8.90. The Morgan fingerprint density at radius 1 is 1.37 bits per heavy atom. The van der Waals surface area contributed by atoms with E-state index in [0.717, 1.165) is 0 Å². The van der Waals surface area contributed by atoms with Gasteiger partial charge in [0, 0.05) is 34.5 Å². The van der Waals surface area contributed by atoms with Gasteiger partial charge in [0.2, 0.25) is 0 Å². The van der Waals surface area contributed by atoms with Gasteiger partial charge in [-0.05, 0) is 23.9 Å². The number of carbonyl (C=O) groups is 1. The monoisotopic (exact) mass is 307 g/mol. The summed E-state index contributed by atoms with van der Waals surface area (Å²) in [5, 5.41) is 1.17. The fourth-order valence-electron chi connectivity index (χ4n) is 1.83. The van der Waals surface area contributed by atoms with Crippen LogP contribution in [0.25, 0.3) is 10.9 Å². The number of rotatable bonds is 4. The van der Waals surface area contributed by atoms with Crippen LogP contribution in [0.3, 0.4) is 0 Å². The number of hydrogen-bond donors (Lipinski definition) is 0. The van der Waals surface area contributed by atoms with Gasteiger partial charge >= 0.3 is 5.51 Å². The van der Waals surface area contributed by atoms with E-state index in [0.29, 0.717) is 27.8 Å². The third-order valence-corrected chi connectivity index (χ3v) is 3.55. The standard InChI is InChI=1S/C12H9ClF3NOS/c13-9-1-2-10-8(7-18)6-17(11(10)5-9)3-4-19-12(14,15)16/h1-2,5-7H,3-4H2.